The van der Waals surface area contributed by atoms with Crippen LogP contribution < -0.4 is 0 Å². The summed E-state index contributed by atoms with van der Waals surface area (Å²) in [5.74, 6) is -0.136. The van der Waals surface area contributed by atoms with Gasteiger partial charge >= 0.3 is 0 Å². The Labute approximate surface area is 107 Å². The summed E-state index contributed by atoms with van der Waals surface area (Å²) in [6.45, 7) is 3.47. The quantitative estimate of drug-likeness (QED) is 0.864. The summed E-state index contributed by atoms with van der Waals surface area (Å²) < 4.78 is 0. The van der Waals surface area contributed by atoms with E-state index in [9.17, 15) is 15.0 Å². The Morgan fingerprint density at radius 1 is 1.28 bits per heavy atom. The van der Waals surface area contributed by atoms with Gasteiger partial charge < -0.3 is 15.1 Å². The van der Waals surface area contributed by atoms with Crippen LogP contribution in [0.2, 0.25) is 0 Å². The molecule has 2 N–H and O–H groups in total. The van der Waals surface area contributed by atoms with Crippen molar-refractivity contribution in [2.24, 2.45) is 0 Å². The number of likely N-dealkylation sites (tertiary alicyclic amines) is 1. The Morgan fingerprint density at radius 3 is 2.56 bits per heavy atom. The number of phenols is 2. The molecule has 0 saturated carbocycles. The van der Waals surface area contributed by atoms with Gasteiger partial charge in [0.15, 0.2) is 0 Å². The SMILES string of the molecule is CCCc1c(O)ccc(C(=O)N2CCCC2)c1O. The van der Waals surface area contributed by atoms with Crippen molar-refractivity contribution in [1.82, 2.24) is 4.90 Å². The van der Waals surface area contributed by atoms with E-state index in [1.807, 2.05) is 6.92 Å². The highest BCUT2D eigenvalue weighted by Gasteiger charge is 2.24. The average molecular weight is 249 g/mol. The first-order chi connectivity index (χ1) is 8.65. The number of nitrogens with zero attached hydrogens (tertiary/aromatic N) is 1. The number of phenolic OH excluding ortho intramolecular Hbond substituents is 2. The highest BCUT2D eigenvalue weighted by Crippen LogP contribution is 2.32. The molecule has 4 heteroatoms. The maximum Gasteiger partial charge on any atom is 0.257 e. The lowest BCUT2D eigenvalue weighted by Gasteiger charge is -2.17. The fourth-order valence-electron chi connectivity index (χ4n) is 2.39. The van der Waals surface area contributed by atoms with E-state index in [4.69, 9.17) is 0 Å². The van der Waals surface area contributed by atoms with Gasteiger partial charge in [0, 0.05) is 18.7 Å². The van der Waals surface area contributed by atoms with E-state index in [2.05, 4.69) is 0 Å². The highest BCUT2D eigenvalue weighted by molar-refractivity contribution is 5.97. The first-order valence-electron chi connectivity index (χ1n) is 6.48. The Balaban J connectivity index is 2.32. The third-order valence-electron chi connectivity index (χ3n) is 3.38. The molecule has 1 aromatic rings. The molecule has 0 aliphatic carbocycles. The molecule has 0 bridgehead atoms. The molecule has 1 saturated heterocycles. The summed E-state index contributed by atoms with van der Waals surface area (Å²) in [5.41, 5.74) is 0.778. The molecule has 2 rings (SSSR count). The van der Waals surface area contributed by atoms with Crippen LogP contribution in [-0.4, -0.2) is 34.1 Å². The number of benzene rings is 1. The van der Waals surface area contributed by atoms with E-state index in [1.165, 1.54) is 12.1 Å². The van der Waals surface area contributed by atoms with Crippen LogP contribution >= 0.6 is 0 Å². The fraction of sp³-hybridized carbons (Fsp3) is 0.500. The Bertz CT molecular complexity index is 451. The van der Waals surface area contributed by atoms with Crippen molar-refractivity contribution in [3.8, 4) is 11.5 Å². The predicted octanol–water partition coefficient (Wildman–Crippen LogP) is 2.29. The molecule has 1 heterocycles. The van der Waals surface area contributed by atoms with Crippen LogP contribution in [0.3, 0.4) is 0 Å². The molecule has 98 valence electrons. The minimum absolute atomic E-state index is 0.0613. The first kappa shape index (κ1) is 12.7. The average Bonchev–Trinajstić information content (AvgIpc) is 2.87. The fourth-order valence-corrected chi connectivity index (χ4v) is 2.39. The van der Waals surface area contributed by atoms with E-state index in [0.29, 0.717) is 17.5 Å². The minimum atomic E-state index is -0.137. The summed E-state index contributed by atoms with van der Waals surface area (Å²) in [6.07, 6.45) is 3.42. The number of aromatic hydroxyl groups is 2. The lowest BCUT2D eigenvalue weighted by Crippen LogP contribution is -2.27. The molecule has 1 aliphatic rings. The third-order valence-corrected chi connectivity index (χ3v) is 3.38. The summed E-state index contributed by atoms with van der Waals surface area (Å²) in [7, 11) is 0. The van der Waals surface area contributed by atoms with Crippen LogP contribution in [0.4, 0.5) is 0 Å². The van der Waals surface area contributed by atoms with Crippen molar-refractivity contribution in [3.05, 3.63) is 23.3 Å². The van der Waals surface area contributed by atoms with Crippen molar-refractivity contribution in [3.63, 3.8) is 0 Å². The summed E-state index contributed by atoms with van der Waals surface area (Å²) in [6, 6.07) is 3.00. The molecule has 0 atom stereocenters. The van der Waals surface area contributed by atoms with Crippen molar-refractivity contribution in [2.75, 3.05) is 13.1 Å². The van der Waals surface area contributed by atoms with Crippen molar-refractivity contribution < 1.29 is 15.0 Å². The predicted molar refractivity (Wildman–Crippen MR) is 68.9 cm³/mol. The molecule has 1 amide bonds. The highest BCUT2D eigenvalue weighted by atomic mass is 16.3. The van der Waals surface area contributed by atoms with Gasteiger partial charge in [-0.15, -0.1) is 0 Å². The zero-order valence-electron chi connectivity index (χ0n) is 10.6. The van der Waals surface area contributed by atoms with E-state index in [-0.39, 0.29) is 17.4 Å². The molecule has 0 spiro atoms. The number of hydrogen-bond donors (Lipinski definition) is 2. The summed E-state index contributed by atoms with van der Waals surface area (Å²) in [4.78, 5) is 14.0. The number of carbonyl (C=O) groups excluding carboxylic acids is 1. The van der Waals surface area contributed by atoms with Crippen molar-refractivity contribution in [2.45, 2.75) is 32.6 Å². The van der Waals surface area contributed by atoms with Gasteiger partial charge in [-0.05, 0) is 31.4 Å². The van der Waals surface area contributed by atoms with Gasteiger partial charge in [-0.2, -0.15) is 0 Å². The molecule has 1 fully saturated rings. The number of rotatable bonds is 3. The van der Waals surface area contributed by atoms with Gasteiger partial charge in [-0.25, -0.2) is 0 Å². The normalized spacial score (nSPS) is 15.1. The maximum absolute atomic E-state index is 12.2. The van der Waals surface area contributed by atoms with Crippen LogP contribution in [0.15, 0.2) is 12.1 Å². The van der Waals surface area contributed by atoms with E-state index in [1.54, 1.807) is 4.90 Å². The topological polar surface area (TPSA) is 60.8 Å². The lowest BCUT2D eigenvalue weighted by atomic mass is 10.0. The largest absolute Gasteiger partial charge is 0.508 e. The molecule has 18 heavy (non-hydrogen) atoms. The van der Waals surface area contributed by atoms with Crippen molar-refractivity contribution in [1.29, 1.82) is 0 Å². The lowest BCUT2D eigenvalue weighted by molar-refractivity contribution is 0.0789. The van der Waals surface area contributed by atoms with E-state index >= 15 is 0 Å². The standard InChI is InChI=1S/C14H19NO3/c1-2-5-10-12(16)7-6-11(13(10)17)14(18)15-8-3-4-9-15/h6-7,16-17H,2-5,8-9H2,1H3. The van der Waals surface area contributed by atoms with Crippen LogP contribution in [0.5, 0.6) is 11.5 Å². The number of carbonyl (C=O) groups is 1. The van der Waals surface area contributed by atoms with Gasteiger partial charge in [-0.3, -0.25) is 4.79 Å². The van der Waals surface area contributed by atoms with Gasteiger partial charge in [0.25, 0.3) is 5.91 Å². The van der Waals surface area contributed by atoms with E-state index in [0.717, 1.165) is 32.4 Å². The van der Waals surface area contributed by atoms with Gasteiger partial charge in [0.1, 0.15) is 11.5 Å². The molecule has 1 aromatic carbocycles. The maximum atomic E-state index is 12.2. The monoisotopic (exact) mass is 249 g/mol. The molecule has 0 unspecified atom stereocenters. The van der Waals surface area contributed by atoms with Crippen LogP contribution in [0.25, 0.3) is 0 Å². The van der Waals surface area contributed by atoms with Gasteiger partial charge in [0.05, 0.1) is 5.56 Å². The molecule has 0 aromatic heterocycles. The third kappa shape index (κ3) is 2.28. The number of hydrogen-bond acceptors (Lipinski definition) is 3. The molecular weight excluding hydrogens is 230 g/mol. The molecule has 1 aliphatic heterocycles. The van der Waals surface area contributed by atoms with Gasteiger partial charge in [-0.1, -0.05) is 13.3 Å². The van der Waals surface area contributed by atoms with Crippen LogP contribution in [-0.2, 0) is 6.42 Å². The van der Waals surface area contributed by atoms with Crippen LogP contribution in [0.1, 0.15) is 42.1 Å². The molecule has 0 radical (unpaired) electrons. The van der Waals surface area contributed by atoms with Gasteiger partial charge in [0.2, 0.25) is 0 Å². The zero-order chi connectivity index (χ0) is 13.1. The Hall–Kier alpha value is -1.71. The zero-order valence-corrected chi connectivity index (χ0v) is 10.6. The first-order valence-corrected chi connectivity index (χ1v) is 6.48. The second kappa shape index (κ2) is 5.29. The van der Waals surface area contributed by atoms with Crippen molar-refractivity contribution >= 4 is 5.91 Å². The second-order valence-electron chi connectivity index (χ2n) is 4.71. The number of amides is 1. The molecular formula is C14H19NO3. The summed E-state index contributed by atoms with van der Waals surface area (Å²) >= 11 is 0. The Kier molecular flexibility index (Phi) is 3.75. The van der Waals surface area contributed by atoms with Crippen LogP contribution in [0, 0.1) is 0 Å². The second-order valence-corrected chi connectivity index (χ2v) is 4.71. The minimum Gasteiger partial charge on any atom is -0.508 e. The van der Waals surface area contributed by atoms with E-state index < -0.39 is 0 Å². The Morgan fingerprint density at radius 2 is 1.94 bits per heavy atom. The summed E-state index contributed by atoms with van der Waals surface area (Å²) in [5, 5.41) is 19.8. The molecule has 4 nitrogen and oxygen atoms in total. The smallest absolute Gasteiger partial charge is 0.257 e.